The van der Waals surface area contributed by atoms with Crippen molar-refractivity contribution in [3.8, 4) is 0 Å². The molecular weight excluding hydrogens is 355 g/mol. The standard InChI is InChI=1S/C21H26F3NO2/c1-13-4-3-5-15(17(13)21(22,23)24)6-14-7-20(8-14)11-25(12-20)18(26)16-9-19(2,27)10-16/h3-5,14,16,27H,6-12H2,1-2H3. The lowest BCUT2D eigenvalue weighted by molar-refractivity contribution is -0.171. The first kappa shape index (κ1) is 18.8. The van der Waals surface area contributed by atoms with Gasteiger partial charge in [-0.05, 0) is 63.0 Å². The quantitative estimate of drug-likeness (QED) is 0.861. The topological polar surface area (TPSA) is 40.5 Å². The van der Waals surface area contributed by atoms with Crippen LogP contribution in [0.2, 0.25) is 0 Å². The number of likely N-dealkylation sites (tertiary alicyclic amines) is 1. The van der Waals surface area contributed by atoms with Gasteiger partial charge in [0.25, 0.3) is 0 Å². The second-order valence-corrected chi connectivity index (χ2v) is 9.38. The van der Waals surface area contributed by atoms with Gasteiger partial charge in [-0.3, -0.25) is 4.79 Å². The largest absolute Gasteiger partial charge is 0.416 e. The molecule has 0 radical (unpaired) electrons. The van der Waals surface area contributed by atoms with Crippen LogP contribution in [0.15, 0.2) is 18.2 Å². The Morgan fingerprint density at radius 3 is 2.41 bits per heavy atom. The van der Waals surface area contributed by atoms with Gasteiger partial charge in [-0.15, -0.1) is 0 Å². The van der Waals surface area contributed by atoms with E-state index in [-0.39, 0.29) is 28.7 Å². The zero-order valence-electron chi connectivity index (χ0n) is 15.8. The molecule has 4 rings (SSSR count). The third kappa shape index (κ3) is 3.37. The number of aryl methyl sites for hydroxylation is 1. The minimum Gasteiger partial charge on any atom is -0.390 e. The van der Waals surface area contributed by atoms with E-state index in [1.165, 1.54) is 13.0 Å². The molecule has 1 saturated heterocycles. The molecule has 1 amide bonds. The van der Waals surface area contributed by atoms with Crippen LogP contribution in [-0.4, -0.2) is 34.6 Å². The smallest absolute Gasteiger partial charge is 0.390 e. The number of halogens is 3. The molecule has 1 heterocycles. The average molecular weight is 381 g/mol. The number of rotatable bonds is 3. The Kier molecular flexibility index (Phi) is 4.15. The maximum atomic E-state index is 13.4. The van der Waals surface area contributed by atoms with Gasteiger partial charge in [-0.25, -0.2) is 0 Å². The molecule has 0 bridgehead atoms. The van der Waals surface area contributed by atoms with Gasteiger partial charge in [-0.1, -0.05) is 18.2 Å². The fourth-order valence-electron chi connectivity index (χ4n) is 5.54. The molecule has 0 atom stereocenters. The van der Waals surface area contributed by atoms with Crippen molar-refractivity contribution in [1.82, 2.24) is 4.90 Å². The highest BCUT2D eigenvalue weighted by Crippen LogP contribution is 2.54. The van der Waals surface area contributed by atoms with Gasteiger partial charge in [0, 0.05) is 24.4 Å². The Hall–Kier alpha value is -1.56. The van der Waals surface area contributed by atoms with Crippen molar-refractivity contribution in [3.63, 3.8) is 0 Å². The molecule has 0 unspecified atom stereocenters. The van der Waals surface area contributed by atoms with E-state index in [2.05, 4.69) is 0 Å². The van der Waals surface area contributed by atoms with E-state index < -0.39 is 17.3 Å². The number of alkyl halides is 3. The number of carbonyl (C=O) groups excluding carboxylic acids is 1. The van der Waals surface area contributed by atoms with Gasteiger partial charge >= 0.3 is 6.18 Å². The molecule has 0 aromatic heterocycles. The van der Waals surface area contributed by atoms with Gasteiger partial charge in [0.2, 0.25) is 5.91 Å². The summed E-state index contributed by atoms with van der Waals surface area (Å²) in [6, 6.07) is 4.81. The van der Waals surface area contributed by atoms with Crippen LogP contribution < -0.4 is 0 Å². The predicted octanol–water partition coefficient (Wildman–Crippen LogP) is 3.96. The molecule has 3 nitrogen and oxygen atoms in total. The number of hydrogen-bond donors (Lipinski definition) is 1. The van der Waals surface area contributed by atoms with Gasteiger partial charge in [-0.2, -0.15) is 13.2 Å². The fourth-order valence-corrected chi connectivity index (χ4v) is 5.54. The summed E-state index contributed by atoms with van der Waals surface area (Å²) in [6.07, 6.45) is -1.00. The molecule has 1 aromatic carbocycles. The second kappa shape index (κ2) is 5.97. The zero-order chi connectivity index (χ0) is 19.6. The number of hydrogen-bond acceptors (Lipinski definition) is 2. The molecular formula is C21H26F3NO2. The number of benzene rings is 1. The van der Waals surface area contributed by atoms with Gasteiger partial charge in [0.05, 0.1) is 11.2 Å². The normalized spacial score (nSPS) is 29.9. The van der Waals surface area contributed by atoms with Crippen LogP contribution in [0, 0.1) is 24.2 Å². The first-order chi connectivity index (χ1) is 12.5. The highest BCUT2D eigenvalue weighted by atomic mass is 19.4. The van der Waals surface area contributed by atoms with Crippen LogP contribution in [0.1, 0.15) is 49.3 Å². The van der Waals surface area contributed by atoms with Crippen molar-refractivity contribution in [1.29, 1.82) is 0 Å². The molecule has 27 heavy (non-hydrogen) atoms. The highest BCUT2D eigenvalue weighted by molar-refractivity contribution is 5.81. The summed E-state index contributed by atoms with van der Waals surface area (Å²) in [7, 11) is 0. The van der Waals surface area contributed by atoms with Crippen molar-refractivity contribution in [3.05, 3.63) is 34.9 Å². The molecule has 1 aliphatic heterocycles. The van der Waals surface area contributed by atoms with Crippen molar-refractivity contribution >= 4 is 5.91 Å². The Morgan fingerprint density at radius 1 is 1.22 bits per heavy atom. The lowest BCUT2D eigenvalue weighted by Gasteiger charge is -2.60. The molecule has 1 spiro atoms. The first-order valence-electron chi connectivity index (χ1n) is 9.65. The van der Waals surface area contributed by atoms with Crippen molar-refractivity contribution in [2.24, 2.45) is 17.3 Å². The van der Waals surface area contributed by atoms with E-state index in [1.54, 1.807) is 19.1 Å². The Labute approximate surface area is 157 Å². The summed E-state index contributed by atoms with van der Waals surface area (Å²) in [5.74, 6) is 0.332. The van der Waals surface area contributed by atoms with E-state index in [4.69, 9.17) is 0 Å². The number of amides is 1. The van der Waals surface area contributed by atoms with Crippen molar-refractivity contribution in [2.75, 3.05) is 13.1 Å². The number of aliphatic hydroxyl groups is 1. The molecule has 1 aromatic rings. The van der Waals surface area contributed by atoms with Crippen LogP contribution >= 0.6 is 0 Å². The van der Waals surface area contributed by atoms with E-state index in [9.17, 15) is 23.1 Å². The Bertz CT molecular complexity index is 749. The van der Waals surface area contributed by atoms with Crippen LogP contribution in [0.25, 0.3) is 0 Å². The monoisotopic (exact) mass is 381 g/mol. The summed E-state index contributed by atoms with van der Waals surface area (Å²) in [5.41, 5.74) is -0.381. The second-order valence-electron chi connectivity index (χ2n) is 9.38. The third-order valence-electron chi connectivity index (χ3n) is 6.68. The van der Waals surface area contributed by atoms with Gasteiger partial charge in [0.1, 0.15) is 0 Å². The van der Waals surface area contributed by atoms with Crippen LogP contribution in [0.5, 0.6) is 0 Å². The Morgan fingerprint density at radius 2 is 1.85 bits per heavy atom. The summed E-state index contributed by atoms with van der Waals surface area (Å²) >= 11 is 0. The lowest BCUT2D eigenvalue weighted by Crippen LogP contribution is -2.66. The minimum atomic E-state index is -4.31. The van der Waals surface area contributed by atoms with Crippen LogP contribution in [-0.2, 0) is 17.4 Å². The third-order valence-corrected chi connectivity index (χ3v) is 6.68. The van der Waals surface area contributed by atoms with Crippen molar-refractivity contribution < 1.29 is 23.1 Å². The number of nitrogens with zero attached hydrogens (tertiary/aromatic N) is 1. The fraction of sp³-hybridized carbons (Fsp3) is 0.667. The van der Waals surface area contributed by atoms with E-state index in [1.807, 2.05) is 4.90 Å². The van der Waals surface area contributed by atoms with E-state index in [0.29, 0.717) is 24.8 Å². The maximum Gasteiger partial charge on any atom is 0.416 e. The summed E-state index contributed by atoms with van der Waals surface area (Å²) in [4.78, 5) is 14.2. The highest BCUT2D eigenvalue weighted by Gasteiger charge is 2.55. The summed E-state index contributed by atoms with van der Waals surface area (Å²) < 4.78 is 40.1. The molecule has 3 fully saturated rings. The first-order valence-corrected chi connectivity index (χ1v) is 9.65. The van der Waals surface area contributed by atoms with Crippen LogP contribution in [0.3, 0.4) is 0 Å². The summed E-state index contributed by atoms with van der Waals surface area (Å²) in [5, 5.41) is 9.79. The lowest BCUT2D eigenvalue weighted by atomic mass is 9.56. The van der Waals surface area contributed by atoms with E-state index >= 15 is 0 Å². The van der Waals surface area contributed by atoms with E-state index in [0.717, 1.165) is 25.9 Å². The van der Waals surface area contributed by atoms with Crippen LogP contribution in [0.4, 0.5) is 13.2 Å². The molecule has 6 heteroatoms. The molecule has 2 saturated carbocycles. The maximum absolute atomic E-state index is 13.4. The molecule has 2 aliphatic carbocycles. The van der Waals surface area contributed by atoms with Gasteiger partial charge < -0.3 is 10.0 Å². The Balaban J connectivity index is 1.31. The minimum absolute atomic E-state index is 0.0603. The SMILES string of the molecule is Cc1cccc(CC2CC3(C2)CN(C(=O)C2CC(C)(O)C2)C3)c1C(F)(F)F. The number of carbonyl (C=O) groups is 1. The zero-order valence-corrected chi connectivity index (χ0v) is 15.8. The summed E-state index contributed by atoms with van der Waals surface area (Å²) in [6.45, 7) is 4.72. The molecule has 3 aliphatic rings. The predicted molar refractivity (Wildman–Crippen MR) is 95.0 cm³/mol. The molecule has 1 N–H and O–H groups in total. The van der Waals surface area contributed by atoms with Gasteiger partial charge in [0.15, 0.2) is 0 Å². The average Bonchev–Trinajstić information content (AvgIpc) is 2.43. The molecule has 148 valence electrons. The van der Waals surface area contributed by atoms with Crippen molar-refractivity contribution in [2.45, 2.75) is 57.7 Å².